The second-order valence-electron chi connectivity index (χ2n) is 6.66. The number of rotatable bonds is 4. The highest BCUT2D eigenvalue weighted by Crippen LogP contribution is 2.33. The Kier molecular flexibility index (Phi) is 4.50. The van der Waals surface area contributed by atoms with Crippen LogP contribution in [0.4, 0.5) is 0 Å². The predicted octanol–water partition coefficient (Wildman–Crippen LogP) is 1.43. The van der Waals surface area contributed by atoms with Crippen LogP contribution in [0.25, 0.3) is 0 Å². The number of likely N-dealkylation sites (tertiary alicyclic amines) is 2. The van der Waals surface area contributed by atoms with Gasteiger partial charge < -0.3 is 14.1 Å². The standard InChI is InChI=1S/C18H22N4O3/c1-24-17-4-7-22(18(23)15-9-19-5-6-20-15)16-12-21(11-14(16)17)10-13-3-2-8-25-13/h2-3,5-6,8-9,14,16-17H,4,7,10-12H2,1H3/t14-,16+,17+/m1/s1. The number of ether oxygens (including phenoxy) is 1. The lowest BCUT2D eigenvalue weighted by Gasteiger charge is -2.40. The predicted molar refractivity (Wildman–Crippen MR) is 89.7 cm³/mol. The number of fused-ring (bicyclic) bond motifs is 1. The van der Waals surface area contributed by atoms with Crippen molar-refractivity contribution in [1.82, 2.24) is 19.8 Å². The van der Waals surface area contributed by atoms with Gasteiger partial charge >= 0.3 is 0 Å². The molecule has 132 valence electrons. The Balaban J connectivity index is 1.53. The van der Waals surface area contributed by atoms with Crippen LogP contribution in [0, 0.1) is 5.92 Å². The summed E-state index contributed by atoms with van der Waals surface area (Å²) < 4.78 is 11.2. The van der Waals surface area contributed by atoms with E-state index in [9.17, 15) is 4.79 Å². The van der Waals surface area contributed by atoms with E-state index in [1.54, 1.807) is 25.8 Å². The van der Waals surface area contributed by atoms with Gasteiger partial charge in [-0.3, -0.25) is 14.7 Å². The number of nitrogens with zero attached hydrogens (tertiary/aromatic N) is 4. The molecule has 4 rings (SSSR count). The first-order valence-electron chi connectivity index (χ1n) is 8.61. The van der Waals surface area contributed by atoms with Crippen LogP contribution < -0.4 is 0 Å². The molecular formula is C18H22N4O3. The van der Waals surface area contributed by atoms with Crippen LogP contribution in [0.2, 0.25) is 0 Å². The van der Waals surface area contributed by atoms with E-state index in [0.29, 0.717) is 18.2 Å². The van der Waals surface area contributed by atoms with Crippen LogP contribution in [0.3, 0.4) is 0 Å². The Hall–Kier alpha value is -2.25. The van der Waals surface area contributed by atoms with Crippen molar-refractivity contribution in [2.75, 3.05) is 26.7 Å². The lowest BCUT2D eigenvalue weighted by molar-refractivity contribution is -0.0159. The van der Waals surface area contributed by atoms with Crippen molar-refractivity contribution in [2.24, 2.45) is 5.92 Å². The average Bonchev–Trinajstić information content (AvgIpc) is 3.31. The number of hydrogen-bond acceptors (Lipinski definition) is 6. The summed E-state index contributed by atoms with van der Waals surface area (Å²) in [6.45, 7) is 3.15. The molecular weight excluding hydrogens is 320 g/mol. The summed E-state index contributed by atoms with van der Waals surface area (Å²) in [6.07, 6.45) is 7.40. The Labute approximate surface area is 146 Å². The first-order valence-corrected chi connectivity index (χ1v) is 8.61. The molecule has 2 fully saturated rings. The minimum Gasteiger partial charge on any atom is -0.468 e. The summed E-state index contributed by atoms with van der Waals surface area (Å²) in [5.41, 5.74) is 0.404. The van der Waals surface area contributed by atoms with Gasteiger partial charge in [0.1, 0.15) is 11.5 Å². The molecule has 2 aromatic rings. The van der Waals surface area contributed by atoms with Crippen LogP contribution in [0.1, 0.15) is 22.7 Å². The van der Waals surface area contributed by atoms with E-state index >= 15 is 0 Å². The summed E-state index contributed by atoms with van der Waals surface area (Å²) in [5.74, 6) is 1.20. The van der Waals surface area contributed by atoms with Crippen molar-refractivity contribution in [1.29, 1.82) is 0 Å². The summed E-state index contributed by atoms with van der Waals surface area (Å²) in [5, 5.41) is 0. The molecule has 0 aliphatic carbocycles. The number of hydrogen-bond donors (Lipinski definition) is 0. The molecule has 0 radical (unpaired) electrons. The molecule has 7 heteroatoms. The molecule has 7 nitrogen and oxygen atoms in total. The van der Waals surface area contributed by atoms with E-state index in [2.05, 4.69) is 14.9 Å². The quantitative estimate of drug-likeness (QED) is 0.837. The van der Waals surface area contributed by atoms with Gasteiger partial charge in [-0.25, -0.2) is 4.98 Å². The maximum absolute atomic E-state index is 12.9. The van der Waals surface area contributed by atoms with E-state index in [4.69, 9.17) is 9.15 Å². The smallest absolute Gasteiger partial charge is 0.274 e. The van der Waals surface area contributed by atoms with E-state index < -0.39 is 0 Å². The Morgan fingerprint density at radius 2 is 2.32 bits per heavy atom. The minimum atomic E-state index is -0.0440. The average molecular weight is 342 g/mol. The lowest BCUT2D eigenvalue weighted by atomic mass is 9.89. The molecule has 4 heterocycles. The van der Waals surface area contributed by atoms with Gasteiger partial charge in [-0.05, 0) is 18.6 Å². The van der Waals surface area contributed by atoms with E-state index in [1.165, 1.54) is 6.20 Å². The minimum absolute atomic E-state index is 0.0440. The molecule has 0 bridgehead atoms. The zero-order valence-electron chi connectivity index (χ0n) is 14.2. The first kappa shape index (κ1) is 16.2. The maximum Gasteiger partial charge on any atom is 0.274 e. The van der Waals surface area contributed by atoms with Gasteiger partial charge in [0.15, 0.2) is 0 Å². The summed E-state index contributed by atoms with van der Waals surface area (Å²) in [6, 6.07) is 4.02. The highest BCUT2D eigenvalue weighted by Gasteiger charge is 2.46. The molecule has 0 N–H and O–H groups in total. The number of carbonyl (C=O) groups is 1. The number of carbonyl (C=O) groups excluding carboxylic acids is 1. The Morgan fingerprint density at radius 3 is 3.04 bits per heavy atom. The topological polar surface area (TPSA) is 71.7 Å². The zero-order valence-corrected chi connectivity index (χ0v) is 14.2. The molecule has 3 atom stereocenters. The lowest BCUT2D eigenvalue weighted by Crippen LogP contribution is -2.53. The van der Waals surface area contributed by atoms with E-state index in [1.807, 2.05) is 17.0 Å². The molecule has 0 spiro atoms. The van der Waals surface area contributed by atoms with Crippen LogP contribution in [-0.2, 0) is 11.3 Å². The normalized spacial score (nSPS) is 26.6. The fourth-order valence-electron chi connectivity index (χ4n) is 4.09. The third kappa shape index (κ3) is 3.17. The van der Waals surface area contributed by atoms with Crippen molar-refractivity contribution in [3.05, 3.63) is 48.4 Å². The van der Waals surface area contributed by atoms with E-state index in [-0.39, 0.29) is 18.1 Å². The molecule has 0 aromatic carbocycles. The molecule has 1 amide bonds. The SMILES string of the molecule is CO[C@H]1CCN(C(=O)c2cnccn2)[C@H]2CN(Cc3ccco3)C[C@@H]12. The van der Waals surface area contributed by atoms with Crippen LogP contribution in [0.5, 0.6) is 0 Å². The third-order valence-electron chi connectivity index (χ3n) is 5.25. The highest BCUT2D eigenvalue weighted by atomic mass is 16.5. The number of aromatic nitrogens is 2. The van der Waals surface area contributed by atoms with Crippen molar-refractivity contribution in [2.45, 2.75) is 25.1 Å². The first-order chi connectivity index (χ1) is 12.3. The maximum atomic E-state index is 12.9. The van der Waals surface area contributed by atoms with Gasteiger partial charge in [0, 0.05) is 45.1 Å². The zero-order chi connectivity index (χ0) is 17.2. The molecule has 2 saturated heterocycles. The molecule has 2 aliphatic heterocycles. The second-order valence-corrected chi connectivity index (χ2v) is 6.66. The van der Waals surface area contributed by atoms with Crippen molar-refractivity contribution in [3.8, 4) is 0 Å². The van der Waals surface area contributed by atoms with Crippen molar-refractivity contribution >= 4 is 5.91 Å². The van der Waals surface area contributed by atoms with Crippen molar-refractivity contribution < 1.29 is 13.9 Å². The van der Waals surface area contributed by atoms with Crippen LogP contribution in [0.15, 0.2) is 41.4 Å². The summed E-state index contributed by atoms with van der Waals surface area (Å²) >= 11 is 0. The third-order valence-corrected chi connectivity index (χ3v) is 5.25. The monoisotopic (exact) mass is 342 g/mol. The molecule has 0 unspecified atom stereocenters. The molecule has 25 heavy (non-hydrogen) atoms. The number of amides is 1. The molecule has 2 aliphatic rings. The number of furan rings is 1. The van der Waals surface area contributed by atoms with Gasteiger partial charge in [-0.15, -0.1) is 0 Å². The fourth-order valence-corrected chi connectivity index (χ4v) is 4.09. The van der Waals surface area contributed by atoms with Gasteiger partial charge in [-0.1, -0.05) is 0 Å². The van der Waals surface area contributed by atoms with Gasteiger partial charge in [-0.2, -0.15) is 0 Å². The number of methoxy groups -OCH3 is 1. The molecule has 0 saturated carbocycles. The summed E-state index contributed by atoms with van der Waals surface area (Å²) in [7, 11) is 1.76. The van der Waals surface area contributed by atoms with Gasteiger partial charge in [0.2, 0.25) is 0 Å². The van der Waals surface area contributed by atoms with Crippen LogP contribution in [-0.4, -0.2) is 64.6 Å². The Morgan fingerprint density at radius 1 is 1.40 bits per heavy atom. The highest BCUT2D eigenvalue weighted by molar-refractivity contribution is 5.92. The molecule has 2 aromatic heterocycles. The van der Waals surface area contributed by atoms with Gasteiger partial charge in [0.25, 0.3) is 5.91 Å². The largest absolute Gasteiger partial charge is 0.468 e. The Bertz CT molecular complexity index is 706. The fraction of sp³-hybridized carbons (Fsp3) is 0.500. The van der Waals surface area contributed by atoms with Crippen LogP contribution >= 0.6 is 0 Å². The van der Waals surface area contributed by atoms with E-state index in [0.717, 1.165) is 31.8 Å². The van der Waals surface area contributed by atoms with Gasteiger partial charge in [0.05, 0.1) is 31.2 Å². The second kappa shape index (κ2) is 6.93. The summed E-state index contributed by atoms with van der Waals surface area (Å²) in [4.78, 5) is 25.4. The number of piperidine rings is 1. The van der Waals surface area contributed by atoms with Crippen molar-refractivity contribution in [3.63, 3.8) is 0 Å².